The van der Waals surface area contributed by atoms with Gasteiger partial charge in [-0.3, -0.25) is 4.68 Å². The van der Waals surface area contributed by atoms with Crippen molar-refractivity contribution in [1.82, 2.24) is 15.1 Å². The maximum atomic E-state index is 4.35. The SMILES string of the molecule is Cc1cc(SC(C)CNC2CC2)n(C)n1. The highest BCUT2D eigenvalue weighted by molar-refractivity contribution is 7.99. The number of hydrogen-bond acceptors (Lipinski definition) is 3. The van der Waals surface area contributed by atoms with E-state index in [-0.39, 0.29) is 0 Å². The van der Waals surface area contributed by atoms with E-state index in [2.05, 4.69) is 23.4 Å². The Labute approximate surface area is 95.6 Å². The summed E-state index contributed by atoms with van der Waals surface area (Å²) < 4.78 is 1.97. The lowest BCUT2D eigenvalue weighted by Gasteiger charge is -2.11. The molecule has 1 saturated carbocycles. The van der Waals surface area contributed by atoms with Crippen LogP contribution in [0.25, 0.3) is 0 Å². The summed E-state index contributed by atoms with van der Waals surface area (Å²) in [7, 11) is 2.01. The number of rotatable bonds is 5. The Bertz CT molecular complexity index is 331. The maximum absolute atomic E-state index is 4.35. The van der Waals surface area contributed by atoms with E-state index in [1.165, 1.54) is 17.9 Å². The van der Waals surface area contributed by atoms with Crippen LogP contribution >= 0.6 is 11.8 Å². The molecule has 1 fully saturated rings. The Morgan fingerprint density at radius 1 is 1.67 bits per heavy atom. The first kappa shape index (κ1) is 11.0. The first-order valence-electron chi connectivity index (χ1n) is 5.56. The predicted octanol–water partition coefficient (Wildman–Crippen LogP) is 1.96. The molecule has 84 valence electrons. The Balaban J connectivity index is 1.81. The van der Waals surface area contributed by atoms with Crippen LogP contribution in [0.15, 0.2) is 11.1 Å². The first-order chi connectivity index (χ1) is 7.15. The summed E-state index contributed by atoms with van der Waals surface area (Å²) in [4.78, 5) is 0. The molecule has 0 aliphatic heterocycles. The summed E-state index contributed by atoms with van der Waals surface area (Å²) >= 11 is 1.90. The Morgan fingerprint density at radius 2 is 2.40 bits per heavy atom. The van der Waals surface area contributed by atoms with E-state index in [9.17, 15) is 0 Å². The molecule has 1 aromatic heterocycles. The fourth-order valence-corrected chi connectivity index (χ4v) is 2.59. The van der Waals surface area contributed by atoms with Gasteiger partial charge in [0.25, 0.3) is 0 Å². The zero-order valence-corrected chi connectivity index (χ0v) is 10.5. The standard InChI is InChI=1S/C11H19N3S/c1-8-6-11(14(3)13-8)15-9(2)7-12-10-4-5-10/h6,9-10,12H,4-5,7H2,1-3H3. The second kappa shape index (κ2) is 4.58. The summed E-state index contributed by atoms with van der Waals surface area (Å²) in [5.41, 5.74) is 1.10. The van der Waals surface area contributed by atoms with Crippen LogP contribution in [-0.4, -0.2) is 27.6 Å². The number of nitrogens with zero attached hydrogens (tertiary/aromatic N) is 2. The average molecular weight is 225 g/mol. The van der Waals surface area contributed by atoms with Crippen molar-refractivity contribution in [2.24, 2.45) is 7.05 Å². The quantitative estimate of drug-likeness (QED) is 0.777. The molecule has 0 saturated heterocycles. The Hall–Kier alpha value is -0.480. The number of aromatic nitrogens is 2. The largest absolute Gasteiger partial charge is 0.313 e. The van der Waals surface area contributed by atoms with E-state index < -0.39 is 0 Å². The van der Waals surface area contributed by atoms with E-state index in [0.29, 0.717) is 5.25 Å². The van der Waals surface area contributed by atoms with Crippen molar-refractivity contribution in [2.75, 3.05) is 6.54 Å². The molecule has 0 spiro atoms. The lowest BCUT2D eigenvalue weighted by atomic mass is 10.4. The minimum Gasteiger partial charge on any atom is -0.313 e. The van der Waals surface area contributed by atoms with Gasteiger partial charge in [0.2, 0.25) is 0 Å². The molecule has 1 unspecified atom stereocenters. The summed E-state index contributed by atoms with van der Waals surface area (Å²) in [5, 5.41) is 9.77. The van der Waals surface area contributed by atoms with Gasteiger partial charge in [0.1, 0.15) is 0 Å². The van der Waals surface area contributed by atoms with E-state index in [4.69, 9.17) is 0 Å². The van der Waals surface area contributed by atoms with Crippen LogP contribution in [0.1, 0.15) is 25.5 Å². The van der Waals surface area contributed by atoms with E-state index in [1.54, 1.807) is 0 Å². The second-order valence-electron chi connectivity index (χ2n) is 4.36. The Kier molecular flexibility index (Phi) is 3.36. The second-order valence-corrected chi connectivity index (χ2v) is 5.82. The predicted molar refractivity (Wildman–Crippen MR) is 64.3 cm³/mol. The van der Waals surface area contributed by atoms with Crippen molar-refractivity contribution in [3.63, 3.8) is 0 Å². The van der Waals surface area contributed by atoms with Gasteiger partial charge in [0, 0.05) is 24.9 Å². The first-order valence-corrected chi connectivity index (χ1v) is 6.44. The molecule has 1 aliphatic rings. The van der Waals surface area contributed by atoms with E-state index >= 15 is 0 Å². The van der Waals surface area contributed by atoms with Crippen LogP contribution < -0.4 is 5.32 Å². The third-order valence-corrected chi connectivity index (χ3v) is 3.74. The molecular formula is C11H19N3S. The van der Waals surface area contributed by atoms with Gasteiger partial charge >= 0.3 is 0 Å². The minimum atomic E-state index is 0.611. The van der Waals surface area contributed by atoms with Crippen molar-refractivity contribution in [1.29, 1.82) is 0 Å². The van der Waals surface area contributed by atoms with Gasteiger partial charge in [-0.1, -0.05) is 6.92 Å². The third-order valence-electron chi connectivity index (χ3n) is 2.55. The lowest BCUT2D eigenvalue weighted by molar-refractivity contribution is 0.668. The van der Waals surface area contributed by atoms with Crippen LogP contribution in [0, 0.1) is 6.92 Å². The van der Waals surface area contributed by atoms with Crippen LogP contribution in [0.4, 0.5) is 0 Å². The molecule has 15 heavy (non-hydrogen) atoms. The average Bonchev–Trinajstić information content (AvgIpc) is 2.92. The summed E-state index contributed by atoms with van der Waals surface area (Å²) in [6.07, 6.45) is 2.73. The van der Waals surface area contributed by atoms with Crippen molar-refractivity contribution in [3.05, 3.63) is 11.8 Å². The zero-order valence-electron chi connectivity index (χ0n) is 9.66. The molecule has 0 amide bonds. The molecule has 4 heteroatoms. The third kappa shape index (κ3) is 3.24. The molecule has 0 aromatic carbocycles. The van der Waals surface area contributed by atoms with Gasteiger partial charge in [-0.25, -0.2) is 0 Å². The van der Waals surface area contributed by atoms with E-state index in [1.807, 2.05) is 30.4 Å². The monoisotopic (exact) mass is 225 g/mol. The molecule has 1 N–H and O–H groups in total. The lowest BCUT2D eigenvalue weighted by Crippen LogP contribution is -2.24. The van der Waals surface area contributed by atoms with Gasteiger partial charge < -0.3 is 5.32 Å². The van der Waals surface area contributed by atoms with Crippen molar-refractivity contribution >= 4 is 11.8 Å². The van der Waals surface area contributed by atoms with Gasteiger partial charge in [-0.15, -0.1) is 11.8 Å². The molecule has 3 nitrogen and oxygen atoms in total. The molecular weight excluding hydrogens is 206 g/mol. The normalized spacial score (nSPS) is 18.1. The molecule has 0 bridgehead atoms. The molecule has 0 radical (unpaired) electrons. The van der Waals surface area contributed by atoms with Crippen molar-refractivity contribution < 1.29 is 0 Å². The van der Waals surface area contributed by atoms with Gasteiger partial charge in [-0.05, 0) is 25.8 Å². The Morgan fingerprint density at radius 3 is 2.93 bits per heavy atom. The molecule has 1 aliphatic carbocycles. The molecule has 1 atom stereocenters. The van der Waals surface area contributed by atoms with E-state index in [0.717, 1.165) is 18.3 Å². The van der Waals surface area contributed by atoms with Crippen LogP contribution in [0.5, 0.6) is 0 Å². The highest BCUT2D eigenvalue weighted by Crippen LogP contribution is 2.24. The van der Waals surface area contributed by atoms with Gasteiger partial charge in [-0.2, -0.15) is 5.10 Å². The number of thioether (sulfide) groups is 1. The van der Waals surface area contributed by atoms with Crippen LogP contribution in [0.3, 0.4) is 0 Å². The fourth-order valence-electron chi connectivity index (χ4n) is 1.57. The smallest absolute Gasteiger partial charge is 0.0942 e. The molecule has 1 aromatic rings. The topological polar surface area (TPSA) is 29.9 Å². The summed E-state index contributed by atoms with van der Waals surface area (Å²) in [6, 6.07) is 2.96. The van der Waals surface area contributed by atoms with Crippen LogP contribution in [0.2, 0.25) is 0 Å². The van der Waals surface area contributed by atoms with Gasteiger partial charge in [0.15, 0.2) is 0 Å². The molecule has 1 heterocycles. The highest BCUT2D eigenvalue weighted by Gasteiger charge is 2.21. The maximum Gasteiger partial charge on any atom is 0.0942 e. The van der Waals surface area contributed by atoms with Crippen LogP contribution in [-0.2, 0) is 7.05 Å². The minimum absolute atomic E-state index is 0.611. The number of nitrogens with one attached hydrogen (secondary N) is 1. The number of hydrogen-bond donors (Lipinski definition) is 1. The molecule has 2 rings (SSSR count). The van der Waals surface area contributed by atoms with Crippen molar-refractivity contribution in [2.45, 2.75) is 43.0 Å². The van der Waals surface area contributed by atoms with Crippen molar-refractivity contribution in [3.8, 4) is 0 Å². The summed E-state index contributed by atoms with van der Waals surface area (Å²) in [5.74, 6) is 0. The summed E-state index contributed by atoms with van der Waals surface area (Å²) in [6.45, 7) is 5.40. The fraction of sp³-hybridized carbons (Fsp3) is 0.727. The number of aryl methyl sites for hydroxylation is 2. The zero-order chi connectivity index (χ0) is 10.8. The highest BCUT2D eigenvalue weighted by atomic mass is 32.2. The van der Waals surface area contributed by atoms with Gasteiger partial charge in [0.05, 0.1) is 10.7 Å².